The van der Waals surface area contributed by atoms with E-state index in [1.165, 1.54) is 19.4 Å². The SMILES string of the molecule is CN1CCC[C@@H]1Cc1nc(CCN)no1. The minimum atomic E-state index is 0.566. The number of likely N-dealkylation sites (tertiary alicyclic amines) is 1. The fourth-order valence-electron chi connectivity index (χ4n) is 2.04. The molecule has 0 amide bonds. The molecular weight excluding hydrogens is 192 g/mol. The Morgan fingerprint density at radius 2 is 2.47 bits per heavy atom. The highest BCUT2D eigenvalue weighted by Gasteiger charge is 2.23. The van der Waals surface area contributed by atoms with Crippen molar-refractivity contribution in [1.82, 2.24) is 15.0 Å². The monoisotopic (exact) mass is 210 g/mol. The quantitative estimate of drug-likeness (QED) is 0.769. The van der Waals surface area contributed by atoms with Gasteiger partial charge in [-0.2, -0.15) is 4.98 Å². The third-order valence-electron chi connectivity index (χ3n) is 2.96. The summed E-state index contributed by atoms with van der Waals surface area (Å²) in [6.45, 7) is 1.75. The number of hydrogen-bond donors (Lipinski definition) is 1. The van der Waals surface area contributed by atoms with Crippen molar-refractivity contribution < 1.29 is 4.52 Å². The highest BCUT2D eigenvalue weighted by molar-refractivity contribution is 4.91. The van der Waals surface area contributed by atoms with Gasteiger partial charge in [-0.25, -0.2) is 0 Å². The average Bonchev–Trinajstić information content (AvgIpc) is 2.79. The van der Waals surface area contributed by atoms with Crippen LogP contribution >= 0.6 is 0 Å². The van der Waals surface area contributed by atoms with Gasteiger partial charge in [-0.15, -0.1) is 0 Å². The van der Waals surface area contributed by atoms with E-state index in [9.17, 15) is 0 Å². The highest BCUT2D eigenvalue weighted by Crippen LogP contribution is 2.18. The normalized spacial score (nSPS) is 22.4. The largest absolute Gasteiger partial charge is 0.339 e. The molecular formula is C10H18N4O. The zero-order chi connectivity index (χ0) is 10.7. The van der Waals surface area contributed by atoms with Crippen molar-refractivity contribution in [3.63, 3.8) is 0 Å². The Kier molecular flexibility index (Phi) is 3.33. The van der Waals surface area contributed by atoms with Crippen LogP contribution in [0.4, 0.5) is 0 Å². The van der Waals surface area contributed by atoms with Crippen molar-refractivity contribution in [2.24, 2.45) is 5.73 Å². The Balaban J connectivity index is 1.92. The van der Waals surface area contributed by atoms with Gasteiger partial charge in [0, 0.05) is 18.9 Å². The molecule has 5 heteroatoms. The third kappa shape index (κ3) is 2.54. The lowest BCUT2D eigenvalue weighted by molar-refractivity contribution is 0.278. The Hall–Kier alpha value is -0.940. The maximum Gasteiger partial charge on any atom is 0.228 e. The van der Waals surface area contributed by atoms with Crippen LogP contribution in [0.1, 0.15) is 24.6 Å². The summed E-state index contributed by atoms with van der Waals surface area (Å²) in [5.74, 6) is 1.48. The van der Waals surface area contributed by atoms with Crippen LogP contribution in [0.25, 0.3) is 0 Å². The molecule has 2 rings (SSSR count). The second-order valence-corrected chi connectivity index (χ2v) is 4.12. The molecule has 1 saturated heterocycles. The van der Waals surface area contributed by atoms with E-state index >= 15 is 0 Å². The summed E-state index contributed by atoms with van der Waals surface area (Å²) < 4.78 is 5.18. The first-order chi connectivity index (χ1) is 7.29. The molecule has 1 aromatic rings. The second-order valence-electron chi connectivity index (χ2n) is 4.12. The molecule has 0 unspecified atom stereocenters. The van der Waals surface area contributed by atoms with E-state index in [2.05, 4.69) is 22.1 Å². The third-order valence-corrected chi connectivity index (χ3v) is 2.96. The van der Waals surface area contributed by atoms with Gasteiger partial charge in [0.1, 0.15) is 0 Å². The molecule has 0 aromatic carbocycles. The number of rotatable bonds is 4. The van der Waals surface area contributed by atoms with Crippen molar-refractivity contribution in [2.45, 2.75) is 31.7 Å². The van der Waals surface area contributed by atoms with Crippen LogP contribution in [-0.2, 0) is 12.8 Å². The van der Waals surface area contributed by atoms with Gasteiger partial charge in [-0.05, 0) is 33.0 Å². The van der Waals surface area contributed by atoms with Crippen molar-refractivity contribution in [3.05, 3.63) is 11.7 Å². The minimum absolute atomic E-state index is 0.566. The summed E-state index contributed by atoms with van der Waals surface area (Å²) in [6, 6.07) is 0.566. The summed E-state index contributed by atoms with van der Waals surface area (Å²) in [7, 11) is 2.15. The summed E-state index contributed by atoms with van der Waals surface area (Å²) in [5, 5.41) is 3.89. The molecule has 1 aromatic heterocycles. The van der Waals surface area contributed by atoms with Crippen molar-refractivity contribution in [3.8, 4) is 0 Å². The Labute approximate surface area is 89.6 Å². The smallest absolute Gasteiger partial charge is 0.228 e. The lowest BCUT2D eigenvalue weighted by atomic mass is 10.1. The van der Waals surface area contributed by atoms with E-state index in [0.717, 1.165) is 18.1 Å². The Bertz CT molecular complexity index is 312. The zero-order valence-corrected chi connectivity index (χ0v) is 9.15. The molecule has 84 valence electrons. The van der Waals surface area contributed by atoms with E-state index in [0.29, 0.717) is 19.0 Å². The van der Waals surface area contributed by atoms with Gasteiger partial charge < -0.3 is 15.2 Å². The first-order valence-corrected chi connectivity index (χ1v) is 5.51. The van der Waals surface area contributed by atoms with Crippen LogP contribution in [0.2, 0.25) is 0 Å². The predicted octanol–water partition coefficient (Wildman–Crippen LogP) is 0.207. The van der Waals surface area contributed by atoms with Crippen LogP contribution in [0.3, 0.4) is 0 Å². The minimum Gasteiger partial charge on any atom is -0.339 e. The fraction of sp³-hybridized carbons (Fsp3) is 0.800. The summed E-state index contributed by atoms with van der Waals surface area (Å²) in [4.78, 5) is 6.67. The summed E-state index contributed by atoms with van der Waals surface area (Å²) in [5.41, 5.74) is 5.43. The van der Waals surface area contributed by atoms with E-state index in [1.807, 2.05) is 0 Å². The van der Waals surface area contributed by atoms with Crippen LogP contribution in [0.5, 0.6) is 0 Å². The Morgan fingerprint density at radius 3 is 3.13 bits per heavy atom. The maximum absolute atomic E-state index is 5.43. The second kappa shape index (κ2) is 4.72. The molecule has 0 bridgehead atoms. The van der Waals surface area contributed by atoms with E-state index < -0.39 is 0 Å². The molecule has 1 aliphatic heterocycles. The first-order valence-electron chi connectivity index (χ1n) is 5.51. The van der Waals surface area contributed by atoms with E-state index in [4.69, 9.17) is 10.3 Å². The Morgan fingerprint density at radius 1 is 1.60 bits per heavy atom. The molecule has 15 heavy (non-hydrogen) atoms. The van der Waals surface area contributed by atoms with Crippen LogP contribution in [-0.4, -0.2) is 41.2 Å². The molecule has 0 radical (unpaired) electrons. The van der Waals surface area contributed by atoms with Crippen LogP contribution in [0, 0.1) is 0 Å². The number of nitrogens with two attached hydrogens (primary N) is 1. The average molecular weight is 210 g/mol. The van der Waals surface area contributed by atoms with E-state index in [-0.39, 0.29) is 0 Å². The van der Waals surface area contributed by atoms with E-state index in [1.54, 1.807) is 0 Å². The van der Waals surface area contributed by atoms with Gasteiger partial charge in [0.05, 0.1) is 0 Å². The molecule has 0 saturated carbocycles. The summed E-state index contributed by atoms with van der Waals surface area (Å²) >= 11 is 0. The molecule has 0 aliphatic carbocycles. The van der Waals surface area contributed by atoms with Crippen molar-refractivity contribution in [1.29, 1.82) is 0 Å². The van der Waals surface area contributed by atoms with Crippen LogP contribution < -0.4 is 5.73 Å². The van der Waals surface area contributed by atoms with Gasteiger partial charge >= 0.3 is 0 Å². The molecule has 5 nitrogen and oxygen atoms in total. The van der Waals surface area contributed by atoms with Gasteiger partial charge in [0.25, 0.3) is 0 Å². The predicted molar refractivity (Wildman–Crippen MR) is 56.4 cm³/mol. The standard InChI is InChI=1S/C10H18N4O/c1-14-6-2-3-8(14)7-10-12-9(4-5-11)13-15-10/h8H,2-7,11H2,1H3/t8-/m1/s1. The van der Waals surface area contributed by atoms with Gasteiger partial charge in [0.15, 0.2) is 5.82 Å². The number of likely N-dealkylation sites (N-methyl/N-ethyl adjacent to an activating group) is 1. The number of aromatic nitrogens is 2. The zero-order valence-electron chi connectivity index (χ0n) is 9.15. The fourth-order valence-corrected chi connectivity index (χ4v) is 2.04. The van der Waals surface area contributed by atoms with Gasteiger partial charge in [-0.1, -0.05) is 5.16 Å². The molecule has 1 fully saturated rings. The molecule has 2 heterocycles. The van der Waals surface area contributed by atoms with Gasteiger partial charge in [-0.3, -0.25) is 0 Å². The molecule has 1 atom stereocenters. The van der Waals surface area contributed by atoms with Gasteiger partial charge in [0.2, 0.25) is 5.89 Å². The molecule has 1 aliphatic rings. The maximum atomic E-state index is 5.43. The lowest BCUT2D eigenvalue weighted by Crippen LogP contribution is -2.26. The number of nitrogens with zero attached hydrogens (tertiary/aromatic N) is 3. The van der Waals surface area contributed by atoms with Crippen molar-refractivity contribution in [2.75, 3.05) is 20.1 Å². The highest BCUT2D eigenvalue weighted by atomic mass is 16.5. The topological polar surface area (TPSA) is 68.2 Å². The van der Waals surface area contributed by atoms with Crippen LogP contribution in [0.15, 0.2) is 4.52 Å². The summed E-state index contributed by atoms with van der Waals surface area (Å²) in [6.07, 6.45) is 4.06. The molecule has 2 N–H and O–H groups in total. The molecule has 0 spiro atoms. The van der Waals surface area contributed by atoms with Crippen molar-refractivity contribution >= 4 is 0 Å². The first kappa shape index (κ1) is 10.6. The lowest BCUT2D eigenvalue weighted by Gasteiger charge is -2.16. The number of hydrogen-bond acceptors (Lipinski definition) is 5.